The quantitative estimate of drug-likeness (QED) is 0.809. The molecule has 4 heteroatoms. The lowest BCUT2D eigenvalue weighted by atomic mass is 9.97. The molecule has 0 aromatic heterocycles. The molecular formula is C19H19ClN2O. The third-order valence-electron chi connectivity index (χ3n) is 3.54. The second-order valence-electron chi connectivity index (χ2n) is 6.27. The molecule has 1 unspecified atom stereocenters. The molecule has 0 bridgehead atoms. The number of nitriles is 1. The van der Waals surface area contributed by atoms with E-state index in [2.05, 4.69) is 6.07 Å². The highest BCUT2D eigenvalue weighted by Crippen LogP contribution is 2.31. The standard InChI is InChI=1S/C19H19ClN2O/c1-19(2,3)22(17(13-21)14-9-5-4-6-10-14)18(23)15-11-7-8-12-16(15)20/h4-12,17H,1-3H3. The fourth-order valence-electron chi connectivity index (χ4n) is 2.49. The lowest BCUT2D eigenvalue weighted by molar-refractivity contribution is 0.0509. The average Bonchev–Trinajstić information content (AvgIpc) is 2.52. The number of benzene rings is 2. The highest BCUT2D eigenvalue weighted by atomic mass is 35.5. The summed E-state index contributed by atoms with van der Waals surface area (Å²) in [6.45, 7) is 5.74. The second-order valence-corrected chi connectivity index (χ2v) is 6.68. The smallest absolute Gasteiger partial charge is 0.257 e. The zero-order valence-electron chi connectivity index (χ0n) is 13.5. The Bertz CT molecular complexity index is 729. The molecule has 0 radical (unpaired) electrons. The van der Waals surface area contributed by atoms with E-state index in [0.717, 1.165) is 5.56 Å². The summed E-state index contributed by atoms with van der Waals surface area (Å²) in [5, 5.41) is 10.1. The monoisotopic (exact) mass is 326 g/mol. The molecule has 2 aromatic carbocycles. The van der Waals surface area contributed by atoms with Crippen LogP contribution in [-0.4, -0.2) is 16.3 Å². The number of carbonyl (C=O) groups excluding carboxylic acids is 1. The summed E-state index contributed by atoms with van der Waals surface area (Å²) >= 11 is 6.18. The van der Waals surface area contributed by atoms with Gasteiger partial charge in [-0.25, -0.2) is 0 Å². The number of hydrogen-bond acceptors (Lipinski definition) is 2. The third kappa shape index (κ3) is 3.72. The predicted molar refractivity (Wildman–Crippen MR) is 92.2 cm³/mol. The van der Waals surface area contributed by atoms with Crippen LogP contribution in [0.25, 0.3) is 0 Å². The van der Waals surface area contributed by atoms with Crippen LogP contribution in [0.1, 0.15) is 42.7 Å². The van der Waals surface area contributed by atoms with E-state index in [4.69, 9.17) is 11.6 Å². The molecular weight excluding hydrogens is 308 g/mol. The van der Waals surface area contributed by atoms with Gasteiger partial charge >= 0.3 is 0 Å². The molecule has 0 spiro atoms. The molecule has 2 rings (SSSR count). The van der Waals surface area contributed by atoms with E-state index in [-0.39, 0.29) is 5.91 Å². The molecule has 0 saturated carbocycles. The average molecular weight is 327 g/mol. The highest BCUT2D eigenvalue weighted by molar-refractivity contribution is 6.33. The summed E-state index contributed by atoms with van der Waals surface area (Å²) in [7, 11) is 0. The van der Waals surface area contributed by atoms with Gasteiger partial charge in [0.05, 0.1) is 16.7 Å². The first-order chi connectivity index (χ1) is 10.9. The summed E-state index contributed by atoms with van der Waals surface area (Å²) in [5.74, 6) is -0.251. The van der Waals surface area contributed by atoms with E-state index in [1.165, 1.54) is 0 Å². The summed E-state index contributed by atoms with van der Waals surface area (Å²) in [6, 6.07) is 17.8. The number of nitrogens with zero attached hydrogens (tertiary/aromatic N) is 2. The van der Waals surface area contributed by atoms with E-state index in [1.54, 1.807) is 29.2 Å². The molecule has 0 saturated heterocycles. The largest absolute Gasteiger partial charge is 0.314 e. The van der Waals surface area contributed by atoms with E-state index >= 15 is 0 Å². The minimum atomic E-state index is -0.681. The first-order valence-corrected chi connectivity index (χ1v) is 7.77. The Kier molecular flexibility index (Phi) is 5.08. The molecule has 23 heavy (non-hydrogen) atoms. The van der Waals surface area contributed by atoms with E-state index in [1.807, 2.05) is 51.1 Å². The lowest BCUT2D eigenvalue weighted by Crippen LogP contribution is -2.47. The normalized spacial score (nSPS) is 12.3. The zero-order chi connectivity index (χ0) is 17.0. The van der Waals surface area contributed by atoms with Crippen molar-refractivity contribution in [1.82, 2.24) is 4.90 Å². The number of hydrogen-bond donors (Lipinski definition) is 0. The lowest BCUT2D eigenvalue weighted by Gasteiger charge is -2.39. The Morgan fingerprint density at radius 3 is 2.17 bits per heavy atom. The summed E-state index contributed by atoms with van der Waals surface area (Å²) in [5.41, 5.74) is 0.651. The van der Waals surface area contributed by atoms with Crippen LogP contribution in [0.2, 0.25) is 5.02 Å². The van der Waals surface area contributed by atoms with Crippen molar-refractivity contribution in [3.05, 3.63) is 70.7 Å². The van der Waals surface area contributed by atoms with Crippen LogP contribution < -0.4 is 0 Å². The van der Waals surface area contributed by atoms with Crippen LogP contribution in [-0.2, 0) is 0 Å². The van der Waals surface area contributed by atoms with Crippen LogP contribution in [0, 0.1) is 11.3 Å². The van der Waals surface area contributed by atoms with Gasteiger partial charge in [0.15, 0.2) is 0 Å². The molecule has 0 N–H and O–H groups in total. The van der Waals surface area contributed by atoms with E-state index < -0.39 is 11.6 Å². The van der Waals surface area contributed by atoms with Crippen LogP contribution in [0.5, 0.6) is 0 Å². The van der Waals surface area contributed by atoms with Crippen molar-refractivity contribution >= 4 is 17.5 Å². The molecule has 1 amide bonds. The van der Waals surface area contributed by atoms with E-state index in [9.17, 15) is 10.1 Å². The van der Waals surface area contributed by atoms with Crippen molar-refractivity contribution in [2.75, 3.05) is 0 Å². The molecule has 118 valence electrons. The SMILES string of the molecule is CC(C)(C)N(C(=O)c1ccccc1Cl)C(C#N)c1ccccc1. The Balaban J connectivity index is 2.52. The van der Waals surface area contributed by atoms with Gasteiger partial charge in [-0.05, 0) is 38.5 Å². The minimum Gasteiger partial charge on any atom is -0.314 e. The highest BCUT2D eigenvalue weighted by Gasteiger charge is 2.35. The fraction of sp³-hybridized carbons (Fsp3) is 0.263. The second kappa shape index (κ2) is 6.85. The van der Waals surface area contributed by atoms with Crippen molar-refractivity contribution < 1.29 is 4.79 Å². The summed E-state index contributed by atoms with van der Waals surface area (Å²) in [6.07, 6.45) is 0. The van der Waals surface area contributed by atoms with Gasteiger partial charge in [-0.2, -0.15) is 5.26 Å². The maximum Gasteiger partial charge on any atom is 0.257 e. The van der Waals surface area contributed by atoms with Crippen LogP contribution in [0.4, 0.5) is 0 Å². The maximum absolute atomic E-state index is 13.1. The molecule has 0 aliphatic rings. The predicted octanol–water partition coefficient (Wildman–Crippen LogP) is 4.85. The van der Waals surface area contributed by atoms with Crippen molar-refractivity contribution in [1.29, 1.82) is 5.26 Å². The first-order valence-electron chi connectivity index (χ1n) is 7.39. The number of rotatable bonds is 3. The Hall–Kier alpha value is -2.31. The topological polar surface area (TPSA) is 44.1 Å². The molecule has 1 atom stereocenters. The summed E-state index contributed by atoms with van der Waals surface area (Å²) in [4.78, 5) is 14.7. The zero-order valence-corrected chi connectivity index (χ0v) is 14.2. The van der Waals surface area contributed by atoms with Gasteiger partial charge in [-0.3, -0.25) is 4.79 Å². The number of amides is 1. The van der Waals surface area contributed by atoms with Crippen molar-refractivity contribution in [3.63, 3.8) is 0 Å². The molecule has 0 aliphatic heterocycles. The Morgan fingerprint density at radius 2 is 1.65 bits per heavy atom. The van der Waals surface area contributed by atoms with Gasteiger partial charge in [0.2, 0.25) is 0 Å². The van der Waals surface area contributed by atoms with Gasteiger partial charge < -0.3 is 4.90 Å². The van der Waals surface area contributed by atoms with Crippen molar-refractivity contribution in [3.8, 4) is 6.07 Å². The molecule has 0 aliphatic carbocycles. The number of halogens is 1. The summed E-state index contributed by atoms with van der Waals surface area (Å²) < 4.78 is 0. The van der Waals surface area contributed by atoms with Gasteiger partial charge in [0, 0.05) is 5.54 Å². The van der Waals surface area contributed by atoms with Crippen LogP contribution in [0.3, 0.4) is 0 Å². The van der Waals surface area contributed by atoms with E-state index in [0.29, 0.717) is 10.6 Å². The third-order valence-corrected chi connectivity index (χ3v) is 3.87. The molecule has 3 nitrogen and oxygen atoms in total. The first kappa shape index (κ1) is 17.1. The van der Waals surface area contributed by atoms with Crippen LogP contribution in [0.15, 0.2) is 54.6 Å². The van der Waals surface area contributed by atoms with Gasteiger partial charge in [-0.15, -0.1) is 0 Å². The van der Waals surface area contributed by atoms with Gasteiger partial charge in [0.1, 0.15) is 6.04 Å². The number of carbonyl (C=O) groups is 1. The molecule has 2 aromatic rings. The van der Waals surface area contributed by atoms with Crippen molar-refractivity contribution in [2.24, 2.45) is 0 Å². The molecule has 0 fully saturated rings. The Morgan fingerprint density at radius 1 is 1.09 bits per heavy atom. The van der Waals surface area contributed by atoms with Crippen LogP contribution >= 0.6 is 11.6 Å². The Labute approximate surface area is 142 Å². The fourth-order valence-corrected chi connectivity index (χ4v) is 2.71. The van der Waals surface area contributed by atoms with Gasteiger partial charge in [-0.1, -0.05) is 54.1 Å². The minimum absolute atomic E-state index is 0.251. The van der Waals surface area contributed by atoms with Gasteiger partial charge in [0.25, 0.3) is 5.91 Å². The molecule has 0 heterocycles. The van der Waals surface area contributed by atoms with Crippen molar-refractivity contribution in [2.45, 2.75) is 32.4 Å². The maximum atomic E-state index is 13.1.